The second-order valence-corrected chi connectivity index (χ2v) is 6.66. The first-order chi connectivity index (χ1) is 9.20. The molecule has 1 aromatic heterocycles. The molecule has 4 nitrogen and oxygen atoms in total. The summed E-state index contributed by atoms with van der Waals surface area (Å²) in [4.78, 5) is 4.43. The van der Waals surface area contributed by atoms with E-state index < -0.39 is 6.10 Å². The van der Waals surface area contributed by atoms with Crippen molar-refractivity contribution in [2.24, 2.45) is 0 Å². The molecule has 2 rings (SSSR count). The normalized spacial score (nSPS) is 20.4. The zero-order valence-corrected chi connectivity index (χ0v) is 12.7. The molecular formula is C14H24N2O2S. The predicted molar refractivity (Wildman–Crippen MR) is 77.2 cm³/mol. The first-order valence-corrected chi connectivity index (χ1v) is 8.37. The molecule has 1 aliphatic carbocycles. The van der Waals surface area contributed by atoms with Gasteiger partial charge in [0.2, 0.25) is 5.89 Å². The van der Waals surface area contributed by atoms with Gasteiger partial charge in [-0.15, -0.1) is 0 Å². The van der Waals surface area contributed by atoms with E-state index >= 15 is 0 Å². The van der Waals surface area contributed by atoms with E-state index in [1.807, 2.05) is 18.7 Å². The Morgan fingerprint density at radius 2 is 2.11 bits per heavy atom. The zero-order chi connectivity index (χ0) is 13.7. The van der Waals surface area contributed by atoms with Gasteiger partial charge in [-0.3, -0.25) is 0 Å². The average Bonchev–Trinajstić information content (AvgIpc) is 2.87. The lowest BCUT2D eigenvalue weighted by atomic mass is 10.0. The number of nitrogens with zero attached hydrogens (tertiary/aromatic N) is 2. The Hall–Kier alpha value is -0.550. The summed E-state index contributed by atoms with van der Waals surface area (Å²) in [7, 11) is 0. The molecular weight excluding hydrogens is 260 g/mol. The average molecular weight is 284 g/mol. The molecule has 1 heterocycles. The van der Waals surface area contributed by atoms with Crippen molar-refractivity contribution in [2.45, 2.75) is 75.4 Å². The van der Waals surface area contributed by atoms with Crippen LogP contribution in [0, 0.1) is 0 Å². The van der Waals surface area contributed by atoms with Crippen molar-refractivity contribution in [3.8, 4) is 0 Å². The number of aliphatic hydroxyl groups is 1. The molecule has 1 aliphatic rings. The van der Waals surface area contributed by atoms with Crippen molar-refractivity contribution < 1.29 is 9.63 Å². The smallest absolute Gasteiger partial charge is 0.232 e. The standard InChI is InChI=1S/C14H24N2O2S/c1-3-12(10(2)17)14-15-13(16-18-14)9-19-11-7-5-4-6-8-11/h10-12,17H,3-9H2,1-2H3. The molecule has 1 saturated carbocycles. The van der Waals surface area contributed by atoms with Gasteiger partial charge in [0, 0.05) is 5.25 Å². The Labute approximate surface area is 119 Å². The highest BCUT2D eigenvalue weighted by Crippen LogP contribution is 2.30. The minimum absolute atomic E-state index is 0.0408. The number of aromatic nitrogens is 2. The summed E-state index contributed by atoms with van der Waals surface area (Å²) in [5.74, 6) is 2.13. The van der Waals surface area contributed by atoms with E-state index in [9.17, 15) is 5.11 Å². The molecule has 0 spiro atoms. The van der Waals surface area contributed by atoms with E-state index in [-0.39, 0.29) is 5.92 Å². The van der Waals surface area contributed by atoms with Crippen LogP contribution in [0.2, 0.25) is 0 Å². The lowest BCUT2D eigenvalue weighted by Crippen LogP contribution is -2.14. The van der Waals surface area contributed by atoms with Gasteiger partial charge in [0.05, 0.1) is 17.8 Å². The quantitative estimate of drug-likeness (QED) is 0.866. The van der Waals surface area contributed by atoms with Crippen molar-refractivity contribution in [1.82, 2.24) is 10.1 Å². The van der Waals surface area contributed by atoms with E-state index in [1.54, 1.807) is 6.92 Å². The van der Waals surface area contributed by atoms with Gasteiger partial charge in [0.15, 0.2) is 5.82 Å². The molecule has 5 heteroatoms. The lowest BCUT2D eigenvalue weighted by Gasteiger charge is -2.20. The van der Waals surface area contributed by atoms with Crippen LogP contribution < -0.4 is 0 Å². The molecule has 0 aliphatic heterocycles. The molecule has 0 saturated heterocycles. The van der Waals surface area contributed by atoms with E-state index in [1.165, 1.54) is 32.1 Å². The molecule has 2 unspecified atom stereocenters. The Balaban J connectivity index is 1.86. The van der Waals surface area contributed by atoms with Gasteiger partial charge < -0.3 is 9.63 Å². The molecule has 1 N–H and O–H groups in total. The Kier molecular flexibility index (Phi) is 5.70. The topological polar surface area (TPSA) is 59.2 Å². The van der Waals surface area contributed by atoms with Crippen molar-refractivity contribution in [3.05, 3.63) is 11.7 Å². The highest BCUT2D eigenvalue weighted by atomic mass is 32.2. The van der Waals surface area contributed by atoms with Crippen LogP contribution in [0.25, 0.3) is 0 Å². The Morgan fingerprint density at radius 1 is 1.37 bits per heavy atom. The van der Waals surface area contributed by atoms with Crippen LogP contribution in [0.1, 0.15) is 70.0 Å². The summed E-state index contributed by atoms with van der Waals surface area (Å²) < 4.78 is 5.28. The van der Waals surface area contributed by atoms with Crippen LogP contribution in [0.4, 0.5) is 0 Å². The van der Waals surface area contributed by atoms with Gasteiger partial charge in [-0.2, -0.15) is 16.7 Å². The molecule has 2 atom stereocenters. The summed E-state index contributed by atoms with van der Waals surface area (Å²) in [5.41, 5.74) is 0. The van der Waals surface area contributed by atoms with Crippen LogP contribution in [0.3, 0.4) is 0 Å². The minimum Gasteiger partial charge on any atom is -0.393 e. The van der Waals surface area contributed by atoms with Gasteiger partial charge >= 0.3 is 0 Å². The van der Waals surface area contributed by atoms with Crippen molar-refractivity contribution >= 4 is 11.8 Å². The molecule has 0 aromatic carbocycles. The summed E-state index contributed by atoms with van der Waals surface area (Å²) in [5, 5.41) is 14.5. The van der Waals surface area contributed by atoms with Gasteiger partial charge in [0.25, 0.3) is 0 Å². The Morgan fingerprint density at radius 3 is 2.74 bits per heavy atom. The third-order valence-electron chi connectivity index (χ3n) is 3.82. The number of rotatable bonds is 6. The molecule has 0 amide bonds. The second kappa shape index (κ2) is 7.29. The van der Waals surface area contributed by atoms with Crippen LogP contribution in [0.15, 0.2) is 4.52 Å². The monoisotopic (exact) mass is 284 g/mol. The van der Waals surface area contributed by atoms with Gasteiger partial charge in [-0.1, -0.05) is 31.3 Å². The fourth-order valence-electron chi connectivity index (χ4n) is 2.62. The van der Waals surface area contributed by atoms with Crippen molar-refractivity contribution in [1.29, 1.82) is 0 Å². The molecule has 1 aromatic rings. The maximum absolute atomic E-state index is 9.68. The Bertz CT molecular complexity index is 375. The predicted octanol–water partition coefficient (Wildman–Crippen LogP) is 3.51. The molecule has 0 bridgehead atoms. The number of hydrogen-bond acceptors (Lipinski definition) is 5. The zero-order valence-electron chi connectivity index (χ0n) is 11.8. The lowest BCUT2D eigenvalue weighted by molar-refractivity contribution is 0.141. The van der Waals surface area contributed by atoms with E-state index in [2.05, 4.69) is 10.1 Å². The first-order valence-electron chi connectivity index (χ1n) is 7.32. The highest BCUT2D eigenvalue weighted by Gasteiger charge is 2.22. The van der Waals surface area contributed by atoms with Crippen LogP contribution in [-0.2, 0) is 5.75 Å². The third kappa shape index (κ3) is 4.21. The highest BCUT2D eigenvalue weighted by molar-refractivity contribution is 7.99. The summed E-state index contributed by atoms with van der Waals surface area (Å²) in [6, 6.07) is 0. The fraction of sp³-hybridized carbons (Fsp3) is 0.857. The summed E-state index contributed by atoms with van der Waals surface area (Å²) in [6.45, 7) is 3.80. The second-order valence-electron chi connectivity index (χ2n) is 5.38. The SMILES string of the molecule is CCC(c1nc(CSC2CCCCC2)no1)C(C)O. The fourth-order valence-corrected chi connectivity index (χ4v) is 3.79. The van der Waals surface area contributed by atoms with Gasteiger partial charge in [0.1, 0.15) is 0 Å². The number of thioether (sulfide) groups is 1. The largest absolute Gasteiger partial charge is 0.393 e. The maximum atomic E-state index is 9.68. The third-order valence-corrected chi connectivity index (χ3v) is 5.19. The molecule has 0 radical (unpaired) electrons. The van der Waals surface area contributed by atoms with Crippen LogP contribution >= 0.6 is 11.8 Å². The van der Waals surface area contributed by atoms with Crippen LogP contribution in [0.5, 0.6) is 0 Å². The van der Waals surface area contributed by atoms with E-state index in [0.29, 0.717) is 5.89 Å². The number of hydrogen-bond donors (Lipinski definition) is 1. The van der Waals surface area contributed by atoms with Crippen molar-refractivity contribution in [2.75, 3.05) is 0 Å². The van der Waals surface area contributed by atoms with E-state index in [4.69, 9.17) is 4.52 Å². The van der Waals surface area contributed by atoms with Gasteiger partial charge in [-0.25, -0.2) is 0 Å². The summed E-state index contributed by atoms with van der Waals surface area (Å²) in [6.07, 6.45) is 7.11. The van der Waals surface area contributed by atoms with Gasteiger partial charge in [-0.05, 0) is 26.2 Å². The van der Waals surface area contributed by atoms with Crippen LogP contribution in [-0.4, -0.2) is 26.6 Å². The van der Waals surface area contributed by atoms with Crippen molar-refractivity contribution in [3.63, 3.8) is 0 Å². The van der Waals surface area contributed by atoms with E-state index in [0.717, 1.165) is 23.2 Å². The molecule has 19 heavy (non-hydrogen) atoms. The molecule has 108 valence electrons. The molecule has 1 fully saturated rings. The first kappa shape index (κ1) is 14.9. The maximum Gasteiger partial charge on any atom is 0.232 e. The number of aliphatic hydroxyl groups excluding tert-OH is 1. The minimum atomic E-state index is -0.440. The summed E-state index contributed by atoms with van der Waals surface area (Å²) >= 11 is 1.94.